The first-order chi connectivity index (χ1) is 5.81. The van der Waals surface area contributed by atoms with Crippen LogP contribution in [0.3, 0.4) is 0 Å². The van der Waals surface area contributed by atoms with Crippen molar-refractivity contribution in [2.24, 2.45) is 0 Å². The van der Waals surface area contributed by atoms with Gasteiger partial charge in [0, 0.05) is 0 Å². The molecule has 0 fully saturated rings. The summed E-state index contributed by atoms with van der Waals surface area (Å²) >= 11 is 0. The molecule has 1 aromatic rings. The predicted octanol–water partition coefficient (Wildman–Crippen LogP) is 4.81. The van der Waals surface area contributed by atoms with Crippen molar-refractivity contribution in [3.8, 4) is 0 Å². The average Bonchev–Trinajstić information content (AvgIpc) is 2.16. The minimum Gasteiger partial charge on any atom is -0.0984 e. The van der Waals surface area contributed by atoms with E-state index in [1.807, 2.05) is 12.2 Å². The van der Waals surface area contributed by atoms with Gasteiger partial charge in [-0.05, 0) is 23.1 Å². The average molecular weight is 190 g/mol. The molecule has 0 bridgehead atoms. The summed E-state index contributed by atoms with van der Waals surface area (Å²) < 4.78 is 0. The second kappa shape index (κ2) is 7.14. The van der Waals surface area contributed by atoms with Crippen molar-refractivity contribution >= 4 is 12.2 Å². The first kappa shape index (κ1) is 15.2. The molecule has 0 aliphatic heterocycles. The van der Waals surface area contributed by atoms with Crippen molar-refractivity contribution in [3.63, 3.8) is 0 Å². The van der Waals surface area contributed by atoms with Crippen molar-refractivity contribution in [2.45, 2.75) is 28.2 Å². The molecular formula is C14H22. The molecular weight excluding hydrogens is 168 g/mol. The van der Waals surface area contributed by atoms with Gasteiger partial charge in [0.05, 0.1) is 0 Å². The Hall–Kier alpha value is -1.30. The molecule has 0 atom stereocenters. The van der Waals surface area contributed by atoms with E-state index in [0.717, 1.165) is 12.0 Å². The summed E-state index contributed by atoms with van der Waals surface area (Å²) in [6, 6.07) is 6.37. The largest absolute Gasteiger partial charge is 0.0984 e. The lowest BCUT2D eigenvalue weighted by atomic mass is 10.0. The van der Waals surface area contributed by atoms with Gasteiger partial charge >= 0.3 is 0 Å². The lowest BCUT2D eigenvalue weighted by molar-refractivity contribution is 1.14. The Bertz CT molecular complexity index is 295. The summed E-state index contributed by atoms with van der Waals surface area (Å²) in [6.45, 7) is 9.66. The van der Waals surface area contributed by atoms with E-state index < -0.39 is 0 Å². The van der Waals surface area contributed by atoms with Crippen LogP contribution in [-0.2, 0) is 6.42 Å². The zero-order valence-corrected chi connectivity index (χ0v) is 7.51. The van der Waals surface area contributed by atoms with Crippen LogP contribution in [0.2, 0.25) is 0 Å². The molecule has 1 aromatic carbocycles. The minimum absolute atomic E-state index is 0. The molecule has 0 aromatic heterocycles. The van der Waals surface area contributed by atoms with Crippen LogP contribution in [0, 0.1) is 0 Å². The molecule has 0 N–H and O–H groups in total. The van der Waals surface area contributed by atoms with Crippen molar-refractivity contribution in [2.75, 3.05) is 0 Å². The molecule has 0 heterocycles. The second-order valence-corrected chi connectivity index (χ2v) is 2.73. The van der Waals surface area contributed by atoms with Gasteiger partial charge in [0.2, 0.25) is 0 Å². The standard InChI is InChI=1S/C12H14.2CH4/c1-4-10-7-8-11(5-2)12(6-3)9-10;;/h5-9H,2-4H2,1H3;2*1H4. The number of aryl methyl sites for hydroxylation is 1. The highest BCUT2D eigenvalue weighted by Crippen LogP contribution is 2.14. The van der Waals surface area contributed by atoms with Crippen LogP contribution in [0.5, 0.6) is 0 Å². The first-order valence-electron chi connectivity index (χ1n) is 4.19. The molecule has 0 aliphatic carbocycles. The van der Waals surface area contributed by atoms with Crippen molar-refractivity contribution in [1.82, 2.24) is 0 Å². The zero-order chi connectivity index (χ0) is 8.97. The summed E-state index contributed by atoms with van der Waals surface area (Å²) in [5.41, 5.74) is 3.67. The zero-order valence-electron chi connectivity index (χ0n) is 7.51. The first-order valence-corrected chi connectivity index (χ1v) is 4.19. The third kappa shape index (κ3) is 3.21. The van der Waals surface area contributed by atoms with E-state index in [0.29, 0.717) is 0 Å². The fourth-order valence-corrected chi connectivity index (χ4v) is 1.21. The van der Waals surface area contributed by atoms with Gasteiger partial charge in [0.1, 0.15) is 0 Å². The van der Waals surface area contributed by atoms with E-state index in [2.05, 4.69) is 38.3 Å². The van der Waals surface area contributed by atoms with Gasteiger partial charge < -0.3 is 0 Å². The Morgan fingerprint density at radius 2 is 1.64 bits per heavy atom. The van der Waals surface area contributed by atoms with Crippen LogP contribution in [0.4, 0.5) is 0 Å². The van der Waals surface area contributed by atoms with Crippen molar-refractivity contribution in [3.05, 3.63) is 48.0 Å². The maximum absolute atomic E-state index is 3.77. The summed E-state index contributed by atoms with van der Waals surface area (Å²) in [5, 5.41) is 0. The summed E-state index contributed by atoms with van der Waals surface area (Å²) in [5.74, 6) is 0. The highest BCUT2D eigenvalue weighted by molar-refractivity contribution is 5.64. The molecule has 0 nitrogen and oxygen atoms in total. The lowest BCUT2D eigenvalue weighted by Gasteiger charge is -2.02. The minimum atomic E-state index is 0. The van der Waals surface area contributed by atoms with E-state index in [9.17, 15) is 0 Å². The Labute approximate surface area is 89.0 Å². The highest BCUT2D eigenvalue weighted by Gasteiger charge is 1.95. The van der Waals surface area contributed by atoms with Gasteiger partial charge in [-0.15, -0.1) is 0 Å². The van der Waals surface area contributed by atoms with E-state index in [1.165, 1.54) is 11.1 Å². The van der Waals surface area contributed by atoms with Gasteiger partial charge in [-0.2, -0.15) is 0 Å². The van der Waals surface area contributed by atoms with Gasteiger partial charge in [0.25, 0.3) is 0 Å². The molecule has 0 heteroatoms. The summed E-state index contributed by atoms with van der Waals surface area (Å²) in [6.07, 6.45) is 4.80. The van der Waals surface area contributed by atoms with Crippen molar-refractivity contribution in [1.29, 1.82) is 0 Å². The van der Waals surface area contributed by atoms with E-state index in [4.69, 9.17) is 0 Å². The third-order valence-corrected chi connectivity index (χ3v) is 2.00. The van der Waals surface area contributed by atoms with Crippen LogP contribution in [0.25, 0.3) is 12.2 Å². The molecule has 1 rings (SSSR count). The van der Waals surface area contributed by atoms with Gasteiger partial charge in [-0.1, -0.05) is 65.3 Å². The molecule has 0 radical (unpaired) electrons. The second-order valence-electron chi connectivity index (χ2n) is 2.73. The lowest BCUT2D eigenvalue weighted by Crippen LogP contribution is -1.84. The molecule has 0 spiro atoms. The number of benzene rings is 1. The van der Waals surface area contributed by atoms with Gasteiger partial charge in [-0.25, -0.2) is 0 Å². The topological polar surface area (TPSA) is 0 Å². The predicted molar refractivity (Wildman–Crippen MR) is 69.5 cm³/mol. The van der Waals surface area contributed by atoms with E-state index in [1.54, 1.807) is 0 Å². The van der Waals surface area contributed by atoms with E-state index in [-0.39, 0.29) is 14.9 Å². The highest BCUT2D eigenvalue weighted by atomic mass is 14.0. The molecule has 0 unspecified atom stereocenters. The number of hydrogen-bond donors (Lipinski definition) is 0. The van der Waals surface area contributed by atoms with Gasteiger partial charge in [0.15, 0.2) is 0 Å². The fourth-order valence-electron chi connectivity index (χ4n) is 1.21. The smallest absolute Gasteiger partial charge is 0.0187 e. The monoisotopic (exact) mass is 190 g/mol. The Morgan fingerprint density at radius 3 is 2.07 bits per heavy atom. The van der Waals surface area contributed by atoms with Crippen LogP contribution < -0.4 is 0 Å². The quantitative estimate of drug-likeness (QED) is 0.641. The maximum Gasteiger partial charge on any atom is -0.0187 e. The van der Waals surface area contributed by atoms with Crippen LogP contribution in [0.1, 0.15) is 38.5 Å². The summed E-state index contributed by atoms with van der Waals surface area (Å²) in [7, 11) is 0. The molecule has 0 saturated carbocycles. The third-order valence-electron chi connectivity index (χ3n) is 2.00. The molecule has 78 valence electrons. The van der Waals surface area contributed by atoms with Crippen molar-refractivity contribution < 1.29 is 0 Å². The van der Waals surface area contributed by atoms with Crippen LogP contribution >= 0.6 is 0 Å². The Balaban J connectivity index is 0. The van der Waals surface area contributed by atoms with Gasteiger partial charge in [-0.3, -0.25) is 0 Å². The number of hydrogen-bond acceptors (Lipinski definition) is 0. The SMILES string of the molecule is C.C.C=Cc1ccc(CC)cc1C=C. The van der Waals surface area contributed by atoms with Crippen LogP contribution in [0.15, 0.2) is 31.4 Å². The Kier molecular flexibility index (Phi) is 7.74. The molecule has 0 amide bonds. The molecule has 0 saturated heterocycles. The Morgan fingerprint density at radius 1 is 1.07 bits per heavy atom. The maximum atomic E-state index is 3.77. The molecule has 0 aliphatic rings. The number of rotatable bonds is 3. The fraction of sp³-hybridized carbons (Fsp3) is 0.286. The van der Waals surface area contributed by atoms with E-state index >= 15 is 0 Å². The molecule has 14 heavy (non-hydrogen) atoms. The summed E-state index contributed by atoms with van der Waals surface area (Å²) in [4.78, 5) is 0. The van der Waals surface area contributed by atoms with Crippen LogP contribution in [-0.4, -0.2) is 0 Å². The normalized spacial score (nSPS) is 8.07.